The molecule has 0 fully saturated rings. The van der Waals surface area contributed by atoms with E-state index in [0.717, 1.165) is 11.6 Å². The molecule has 1 aliphatic heterocycles. The fraction of sp³-hybridized carbons (Fsp3) is 0.312. The third kappa shape index (κ3) is 5.58. The van der Waals surface area contributed by atoms with Crippen molar-refractivity contribution in [2.24, 2.45) is 0 Å². The molecule has 0 aliphatic carbocycles. The van der Waals surface area contributed by atoms with E-state index in [1.807, 2.05) is 6.07 Å². The van der Waals surface area contributed by atoms with Crippen molar-refractivity contribution in [1.29, 1.82) is 0 Å². The first-order valence-corrected chi connectivity index (χ1v) is 9.98. The van der Waals surface area contributed by atoms with Gasteiger partial charge in [0.25, 0.3) is 0 Å². The first-order chi connectivity index (χ1) is 11.2. The zero-order valence-corrected chi connectivity index (χ0v) is 15.2. The van der Waals surface area contributed by atoms with Crippen molar-refractivity contribution in [2.75, 3.05) is 6.54 Å². The number of hydrogen-bond acceptors (Lipinski definition) is 0. The summed E-state index contributed by atoms with van der Waals surface area (Å²) >= 11 is 6.30. The summed E-state index contributed by atoms with van der Waals surface area (Å²) in [7, 11) is -10.7. The first kappa shape index (κ1) is 20.0. The summed E-state index contributed by atoms with van der Waals surface area (Å²) in [5.74, 6) is 0. The Hall–Kier alpha value is -1.33. The maximum atomic E-state index is 9.87. The Bertz CT molecular complexity index is 847. The molecule has 0 saturated carbocycles. The molecule has 0 unspecified atom stereocenters. The summed E-state index contributed by atoms with van der Waals surface area (Å²) in [6.45, 7) is 5.53. The third-order valence-corrected chi connectivity index (χ3v) is 4.12. The van der Waals surface area contributed by atoms with Crippen LogP contribution in [0.5, 0.6) is 0 Å². The van der Waals surface area contributed by atoms with E-state index in [0.29, 0.717) is 0 Å². The van der Waals surface area contributed by atoms with Crippen LogP contribution in [0, 0.1) is 0 Å². The Labute approximate surface area is 146 Å². The van der Waals surface area contributed by atoms with E-state index in [1.165, 1.54) is 40.6 Å². The number of unbranched alkanes of at least 4 members (excludes halogenated alkanes) is 1. The van der Waals surface area contributed by atoms with Gasteiger partial charge in [-0.2, -0.15) is 4.58 Å². The Morgan fingerprint density at radius 1 is 1.00 bits per heavy atom. The van der Waals surface area contributed by atoms with Gasteiger partial charge in [0, 0.05) is 29.8 Å². The molecule has 9 heteroatoms. The van der Waals surface area contributed by atoms with Gasteiger partial charge in [-0.15, -0.1) is 0 Å². The van der Waals surface area contributed by atoms with E-state index in [2.05, 4.69) is 42.7 Å². The van der Waals surface area contributed by atoms with Crippen molar-refractivity contribution >= 4 is 41.6 Å². The van der Waals surface area contributed by atoms with Crippen LogP contribution in [0.3, 0.4) is 0 Å². The minimum atomic E-state index is -10.7. The number of benzene rings is 2. The van der Waals surface area contributed by atoms with E-state index < -0.39 is 7.81 Å². The van der Waals surface area contributed by atoms with E-state index in [1.54, 1.807) is 0 Å². The molecule has 25 heavy (non-hydrogen) atoms. The quantitative estimate of drug-likeness (QED) is 0.276. The fourth-order valence-corrected chi connectivity index (χ4v) is 3.03. The second-order valence-electron chi connectivity index (χ2n) is 5.84. The van der Waals surface area contributed by atoms with Crippen LogP contribution in [0.4, 0.5) is 30.9 Å². The Morgan fingerprint density at radius 3 is 2.16 bits per heavy atom. The van der Waals surface area contributed by atoms with Gasteiger partial charge in [0.15, 0.2) is 5.71 Å². The summed E-state index contributed by atoms with van der Waals surface area (Å²) in [4.78, 5) is 0. The van der Waals surface area contributed by atoms with Crippen LogP contribution in [0.25, 0.3) is 10.8 Å². The van der Waals surface area contributed by atoms with Gasteiger partial charge >= 0.3 is 33.0 Å². The Kier molecular flexibility index (Phi) is 4.67. The molecule has 0 bridgehead atoms. The number of nitrogens with zero attached hydrogens (tertiary/aromatic N) is 1. The first-order valence-electron chi connectivity index (χ1n) is 7.58. The molecule has 1 heterocycles. The van der Waals surface area contributed by atoms with Gasteiger partial charge in [-0.1, -0.05) is 37.1 Å². The summed E-state index contributed by atoms with van der Waals surface area (Å²) < 4.78 is 61.6. The average molecular weight is 404 g/mol. The molecule has 0 amide bonds. The van der Waals surface area contributed by atoms with Gasteiger partial charge in [0.1, 0.15) is 6.54 Å². The van der Waals surface area contributed by atoms with Crippen LogP contribution >= 0.6 is 19.4 Å². The maximum absolute atomic E-state index is 10.7. The SMILES string of the molecule is CCCC[N+]1=C(C)c2cccc3c(Cl)ccc1c23.F[P-](F)(F)(F)(F)F. The third-order valence-electron chi connectivity index (χ3n) is 3.79. The number of hydrogen-bond donors (Lipinski definition) is 0. The van der Waals surface area contributed by atoms with E-state index in [4.69, 9.17) is 11.6 Å². The topological polar surface area (TPSA) is 3.01 Å². The van der Waals surface area contributed by atoms with E-state index >= 15 is 0 Å². The monoisotopic (exact) mass is 403 g/mol. The normalized spacial score (nSPS) is 16.4. The van der Waals surface area contributed by atoms with Crippen LogP contribution in [0.15, 0.2) is 30.3 Å². The molecule has 0 saturated heterocycles. The Balaban J connectivity index is 0.000000277. The van der Waals surface area contributed by atoms with Crippen molar-refractivity contribution < 1.29 is 29.8 Å². The van der Waals surface area contributed by atoms with Crippen molar-refractivity contribution in [3.05, 3.63) is 40.9 Å². The van der Waals surface area contributed by atoms with Crippen LogP contribution < -0.4 is 0 Å². The molecule has 2 aromatic rings. The van der Waals surface area contributed by atoms with Gasteiger partial charge in [0.05, 0.1) is 10.9 Å². The summed E-state index contributed by atoms with van der Waals surface area (Å²) in [6, 6.07) is 10.6. The predicted molar refractivity (Wildman–Crippen MR) is 92.0 cm³/mol. The van der Waals surface area contributed by atoms with E-state index in [-0.39, 0.29) is 0 Å². The minimum absolute atomic E-state index is 0.848. The molecule has 0 radical (unpaired) electrons. The molecule has 0 aromatic heterocycles. The Morgan fingerprint density at radius 2 is 1.60 bits per heavy atom. The number of halogens is 7. The molecular weight excluding hydrogens is 387 g/mol. The van der Waals surface area contributed by atoms with Crippen LogP contribution in [0.2, 0.25) is 5.02 Å². The zero-order chi connectivity index (χ0) is 19.1. The fourth-order valence-electron chi connectivity index (χ4n) is 2.81. The molecule has 3 rings (SSSR count). The van der Waals surface area contributed by atoms with Crippen molar-refractivity contribution in [2.45, 2.75) is 26.7 Å². The zero-order valence-electron chi connectivity index (χ0n) is 13.5. The summed E-state index contributed by atoms with van der Waals surface area (Å²) in [5.41, 5.74) is 4.00. The second-order valence-corrected chi connectivity index (χ2v) is 8.17. The van der Waals surface area contributed by atoms with Gasteiger partial charge in [-0.3, -0.25) is 0 Å². The standard InChI is InChI=1S/C16H17ClN.F6P/c1-3-4-10-18-11(2)12-6-5-7-13-14(17)8-9-15(18)16(12)13;1-7(2,3,4,5)6/h5-9H,3-4,10H2,1-2H3;/q+1;-1. The molecule has 140 valence electrons. The molecule has 1 aliphatic rings. The van der Waals surface area contributed by atoms with Crippen LogP contribution in [-0.4, -0.2) is 16.8 Å². The molecule has 0 N–H and O–H groups in total. The second kappa shape index (κ2) is 5.85. The van der Waals surface area contributed by atoms with Gasteiger partial charge < -0.3 is 0 Å². The average Bonchev–Trinajstić information content (AvgIpc) is 2.72. The van der Waals surface area contributed by atoms with Crippen LogP contribution in [-0.2, 0) is 0 Å². The summed E-state index contributed by atoms with van der Waals surface area (Å²) in [5, 5.41) is 3.34. The van der Waals surface area contributed by atoms with Gasteiger partial charge in [0.2, 0.25) is 5.69 Å². The van der Waals surface area contributed by atoms with Crippen molar-refractivity contribution in [3.63, 3.8) is 0 Å². The molecule has 1 nitrogen and oxygen atoms in total. The molecule has 0 atom stereocenters. The predicted octanol–water partition coefficient (Wildman–Crippen LogP) is 8.14. The van der Waals surface area contributed by atoms with Gasteiger partial charge in [-0.05, 0) is 12.1 Å². The van der Waals surface area contributed by atoms with Crippen molar-refractivity contribution in [1.82, 2.24) is 0 Å². The molecular formula is C16H17ClF6NP. The number of rotatable bonds is 3. The van der Waals surface area contributed by atoms with Gasteiger partial charge in [-0.25, -0.2) is 0 Å². The summed E-state index contributed by atoms with van der Waals surface area (Å²) in [6.07, 6.45) is 2.44. The van der Waals surface area contributed by atoms with E-state index in [9.17, 15) is 25.2 Å². The molecule has 0 spiro atoms. The van der Waals surface area contributed by atoms with Crippen LogP contribution in [0.1, 0.15) is 32.3 Å². The molecule has 2 aromatic carbocycles. The van der Waals surface area contributed by atoms with Crippen molar-refractivity contribution in [3.8, 4) is 0 Å².